The summed E-state index contributed by atoms with van der Waals surface area (Å²) >= 11 is 0. The normalized spacial score (nSPS) is 1.71. The van der Waals surface area contributed by atoms with E-state index >= 15 is 0 Å². The Labute approximate surface area is 63.0 Å². The van der Waals surface area contributed by atoms with Gasteiger partial charge in [0.2, 0.25) is 0 Å². The van der Waals surface area contributed by atoms with Crippen molar-refractivity contribution in [1.29, 1.82) is 0 Å². The molecule has 0 amide bonds. The summed E-state index contributed by atoms with van der Waals surface area (Å²) in [6.45, 7) is 0. The predicted octanol–water partition coefficient (Wildman–Crippen LogP) is -0.532. The molecular weight excluding hydrogens is 188 g/mol. The van der Waals surface area contributed by atoms with Gasteiger partial charge in [-0.15, -0.1) is 0 Å². The van der Waals surface area contributed by atoms with E-state index in [1.807, 2.05) is 0 Å². The van der Waals surface area contributed by atoms with E-state index in [1.165, 1.54) is 0 Å². The molecule has 0 atom stereocenters. The summed E-state index contributed by atoms with van der Waals surface area (Å²) in [4.78, 5) is 0. The first-order valence-corrected chi connectivity index (χ1v) is 0.383. The van der Waals surface area contributed by atoms with E-state index in [1.54, 1.807) is 0 Å². The van der Waals surface area contributed by atoms with Crippen molar-refractivity contribution in [2.24, 2.45) is 0 Å². The molecule has 0 aromatic rings. The fourth-order valence-corrected chi connectivity index (χ4v) is 0. The second kappa shape index (κ2) is 308. The average molecular weight is 195 g/mol. The zero-order valence-electron chi connectivity index (χ0n) is 2.46. The van der Waals surface area contributed by atoms with Crippen LogP contribution < -0.4 is 5.26 Å². The average Bonchev–Trinajstić information content (AvgIpc) is 1.50. The predicted molar refractivity (Wildman–Crippen MR) is 14.6 cm³/mol. The van der Waals surface area contributed by atoms with E-state index in [4.69, 9.17) is 21.0 Å². The van der Waals surface area contributed by atoms with Crippen molar-refractivity contribution in [2.75, 3.05) is 0 Å². The fraction of sp³-hybridized carbons (Fsp3) is 1.00. The van der Waals surface area contributed by atoms with Gasteiger partial charge in [-0.2, -0.15) is 0 Å². The van der Waals surface area contributed by atoms with E-state index in [0.717, 1.165) is 0 Å². The van der Waals surface area contributed by atoms with Gasteiger partial charge in [0, 0.05) is 0 Å². The summed E-state index contributed by atoms with van der Waals surface area (Å²) in [5.41, 5.74) is 0. The maximum Gasteiger partial charge on any atom is 3.00 e. The minimum Gasteiger partial charge on any atom is -0.727 e. The van der Waals surface area contributed by atoms with E-state index in [0.29, 0.717) is 0 Å². The molecule has 0 aliphatic rings. The first kappa shape index (κ1) is 45.0. The molecule has 0 heterocycles. The molecule has 0 spiro atoms. The third kappa shape index (κ3) is 212. The van der Waals surface area contributed by atoms with Crippen molar-refractivity contribution in [3.8, 4) is 0 Å². The van der Waals surface area contributed by atoms with Gasteiger partial charge in [0.05, 0.1) is 0 Å². The van der Waals surface area contributed by atoms with Gasteiger partial charge < -0.3 is 10.5 Å². The van der Waals surface area contributed by atoms with Gasteiger partial charge in [-0.3, -0.25) is 10.5 Å². The Bertz CT molecular complexity index is 9.65. The van der Waals surface area contributed by atoms with Gasteiger partial charge in [0.15, 0.2) is 0 Å². The number of hydrogen-bond donors (Lipinski definition) is 3. The Balaban J connectivity index is -0.00000000267. The summed E-state index contributed by atoms with van der Waals surface area (Å²) < 4.78 is 0. The summed E-state index contributed by atoms with van der Waals surface area (Å²) in [6.07, 6.45) is 0. The molecule has 0 rings (SSSR count). The molecule has 0 aliphatic heterocycles. The summed E-state index contributed by atoms with van der Waals surface area (Å²) in [7, 11) is 0. The van der Waals surface area contributed by atoms with E-state index in [2.05, 4.69) is 0 Å². The molecule has 0 saturated carbocycles. The second-order valence-electron chi connectivity index (χ2n) is 0. The first-order valence-electron chi connectivity index (χ1n) is 0.383. The molecule has 0 bridgehead atoms. The van der Waals surface area contributed by atoms with Crippen molar-refractivity contribution in [1.82, 2.24) is 0 Å². The Kier molecular flexibility index (Phi) is 1980. The number of hydrogen-bond acceptors (Lipinski definition) is 4. The molecule has 0 aromatic carbocycles. The standard InChI is InChI=1S/CH4.2Fe.2H2O2/c;;;2*1-2/h1H4;;;2*1-2H/q;+2;+3;;/p-1. The minimum atomic E-state index is 0. The summed E-state index contributed by atoms with van der Waals surface area (Å²) in [5, 5.41) is 25.0. The molecule has 0 saturated heterocycles. The molecule has 1 radical (unpaired) electrons. The Morgan fingerprint density at radius 1 is 1.00 bits per heavy atom. The van der Waals surface area contributed by atoms with Crippen LogP contribution in [0, 0.1) is 0 Å². The Morgan fingerprint density at radius 3 is 1.00 bits per heavy atom. The van der Waals surface area contributed by atoms with Crippen LogP contribution in [0.2, 0.25) is 0 Å². The first-order chi connectivity index (χ1) is 2.00. The quantitative estimate of drug-likeness (QED) is 0.275. The molecule has 7 heavy (non-hydrogen) atoms. The van der Waals surface area contributed by atoms with Crippen molar-refractivity contribution in [2.45, 2.75) is 7.43 Å². The van der Waals surface area contributed by atoms with Gasteiger partial charge in [-0.25, -0.2) is 0 Å². The van der Waals surface area contributed by atoms with Gasteiger partial charge >= 0.3 is 34.1 Å². The van der Waals surface area contributed by atoms with Crippen molar-refractivity contribution in [3.05, 3.63) is 0 Å². The van der Waals surface area contributed by atoms with Crippen LogP contribution in [0.15, 0.2) is 0 Å². The van der Waals surface area contributed by atoms with Crippen LogP contribution in [-0.4, -0.2) is 15.8 Å². The molecule has 0 aliphatic carbocycles. The van der Waals surface area contributed by atoms with Crippen LogP contribution in [0.5, 0.6) is 0 Å². The van der Waals surface area contributed by atoms with Crippen LogP contribution >= 0.6 is 0 Å². The fourth-order valence-electron chi connectivity index (χ4n) is 0. The van der Waals surface area contributed by atoms with Gasteiger partial charge in [-0.1, -0.05) is 7.43 Å². The smallest absolute Gasteiger partial charge is 0.727 e. The third-order valence-electron chi connectivity index (χ3n) is 0. The molecule has 3 N–H and O–H groups in total. The van der Waals surface area contributed by atoms with E-state index in [-0.39, 0.29) is 41.6 Å². The molecule has 47 valence electrons. The molecule has 0 fully saturated rings. The molecular formula is CH7Fe2O4+4. The van der Waals surface area contributed by atoms with Crippen molar-refractivity contribution >= 4 is 0 Å². The zero-order chi connectivity index (χ0) is 4.00. The molecule has 0 unspecified atom stereocenters. The van der Waals surface area contributed by atoms with Crippen molar-refractivity contribution in [3.63, 3.8) is 0 Å². The van der Waals surface area contributed by atoms with Crippen LogP contribution in [0.25, 0.3) is 0 Å². The minimum absolute atomic E-state index is 0. The van der Waals surface area contributed by atoms with Crippen LogP contribution in [0.4, 0.5) is 0 Å². The Morgan fingerprint density at radius 2 is 1.00 bits per heavy atom. The maximum atomic E-state index is 7.25. The topological polar surface area (TPSA) is 83.8 Å². The molecule has 6 heteroatoms. The van der Waals surface area contributed by atoms with E-state index in [9.17, 15) is 0 Å². The molecule has 4 nitrogen and oxygen atoms in total. The van der Waals surface area contributed by atoms with Crippen molar-refractivity contribution < 1.29 is 55.2 Å². The summed E-state index contributed by atoms with van der Waals surface area (Å²) in [5.74, 6) is 0. The maximum absolute atomic E-state index is 7.25. The Hall–Kier alpha value is 0.879. The third-order valence-corrected chi connectivity index (χ3v) is 0. The monoisotopic (exact) mass is 195 g/mol. The van der Waals surface area contributed by atoms with Crippen LogP contribution in [0.1, 0.15) is 7.43 Å². The van der Waals surface area contributed by atoms with Gasteiger partial charge in [-0.05, 0) is 0 Å². The zero-order valence-corrected chi connectivity index (χ0v) is 4.67. The van der Waals surface area contributed by atoms with Crippen LogP contribution in [-0.2, 0) is 34.1 Å². The second-order valence-corrected chi connectivity index (χ2v) is 0. The van der Waals surface area contributed by atoms with Gasteiger partial charge in [0.25, 0.3) is 0 Å². The molecule has 0 aromatic heterocycles. The summed E-state index contributed by atoms with van der Waals surface area (Å²) in [6, 6.07) is 0. The van der Waals surface area contributed by atoms with Gasteiger partial charge in [0.1, 0.15) is 0 Å². The largest absolute Gasteiger partial charge is 3.00 e. The number of rotatable bonds is 0. The van der Waals surface area contributed by atoms with E-state index < -0.39 is 0 Å². The SMILES string of the molecule is C.OO.[Fe+2].[Fe+3].[O-]O. The van der Waals surface area contributed by atoms with Crippen LogP contribution in [0.3, 0.4) is 0 Å².